The Morgan fingerprint density at radius 3 is 2.32 bits per heavy atom. The number of fused-ring (bicyclic) bond motifs is 5. The molecular weight excluding hydrogens is 321 g/mol. The molecule has 0 nitrogen and oxygen atoms in total. The van der Waals surface area contributed by atoms with Crippen LogP contribution in [0.5, 0.6) is 0 Å². The fourth-order valence-electron chi connectivity index (χ4n) is 7.96. The molecule has 0 amide bonds. The molecule has 4 saturated carbocycles. The fourth-order valence-corrected chi connectivity index (χ4v) is 7.96. The lowest BCUT2D eigenvalue weighted by atomic mass is 9.49. The maximum absolute atomic E-state index is 13.2. The first-order valence-electron chi connectivity index (χ1n) is 10.4. The van der Waals surface area contributed by atoms with Gasteiger partial charge < -0.3 is 0 Å². The van der Waals surface area contributed by atoms with Crippen molar-refractivity contribution in [3.05, 3.63) is 12.2 Å². The molecule has 4 rings (SSSR count). The molecule has 0 aromatic heterocycles. The quantitative estimate of drug-likeness (QED) is 0.444. The summed E-state index contributed by atoms with van der Waals surface area (Å²) in [4.78, 5) is 0. The minimum atomic E-state index is -3.98. The van der Waals surface area contributed by atoms with Crippen molar-refractivity contribution in [2.45, 2.75) is 77.8 Å². The Balaban J connectivity index is 1.51. The Morgan fingerprint density at radius 2 is 1.64 bits per heavy atom. The maximum atomic E-state index is 13.2. The van der Waals surface area contributed by atoms with E-state index in [4.69, 9.17) is 0 Å². The SMILES string of the molecule is C=C(C)C1CCC2C3CC[C@@H]4C[C@@H](C(F)(F)F)CC[C@@H]4C3CCC12C. The van der Waals surface area contributed by atoms with Gasteiger partial charge >= 0.3 is 6.18 Å². The molecule has 0 bridgehead atoms. The molecule has 142 valence electrons. The lowest BCUT2D eigenvalue weighted by molar-refractivity contribution is -0.196. The summed E-state index contributed by atoms with van der Waals surface area (Å²) in [6, 6.07) is 0. The molecule has 0 aromatic rings. The second-order valence-electron chi connectivity index (χ2n) is 10.0. The molecule has 4 aliphatic rings. The molecule has 4 aliphatic carbocycles. The molecule has 0 spiro atoms. The van der Waals surface area contributed by atoms with Crippen molar-refractivity contribution in [2.75, 3.05) is 0 Å². The van der Waals surface area contributed by atoms with E-state index < -0.39 is 12.1 Å². The average molecular weight is 355 g/mol. The molecule has 0 radical (unpaired) electrons. The van der Waals surface area contributed by atoms with Crippen LogP contribution in [-0.2, 0) is 0 Å². The van der Waals surface area contributed by atoms with Crippen LogP contribution in [0.2, 0.25) is 0 Å². The second-order valence-corrected chi connectivity index (χ2v) is 10.0. The zero-order chi connectivity index (χ0) is 18.0. The van der Waals surface area contributed by atoms with Crippen LogP contribution in [0, 0.1) is 46.8 Å². The predicted molar refractivity (Wildman–Crippen MR) is 95.0 cm³/mol. The van der Waals surface area contributed by atoms with E-state index in [1.165, 1.54) is 37.7 Å². The van der Waals surface area contributed by atoms with Gasteiger partial charge in [-0.05, 0) is 106 Å². The first-order chi connectivity index (χ1) is 11.7. The van der Waals surface area contributed by atoms with Crippen molar-refractivity contribution in [2.24, 2.45) is 46.8 Å². The van der Waals surface area contributed by atoms with Crippen molar-refractivity contribution >= 4 is 0 Å². The summed E-state index contributed by atoms with van der Waals surface area (Å²) in [5, 5.41) is 0. The van der Waals surface area contributed by atoms with E-state index in [9.17, 15) is 13.2 Å². The van der Waals surface area contributed by atoms with Crippen LogP contribution in [0.25, 0.3) is 0 Å². The molecule has 0 aliphatic heterocycles. The molecule has 8 atom stereocenters. The molecule has 0 N–H and O–H groups in total. The first-order valence-corrected chi connectivity index (χ1v) is 10.4. The van der Waals surface area contributed by atoms with Gasteiger partial charge in [-0.25, -0.2) is 0 Å². The van der Waals surface area contributed by atoms with E-state index in [1.807, 2.05) is 0 Å². The third kappa shape index (κ3) is 2.79. The summed E-state index contributed by atoms with van der Waals surface area (Å²) >= 11 is 0. The second kappa shape index (κ2) is 6.02. The number of hydrogen-bond donors (Lipinski definition) is 0. The number of hydrogen-bond acceptors (Lipinski definition) is 0. The van der Waals surface area contributed by atoms with E-state index in [0.29, 0.717) is 41.9 Å². The molecule has 4 fully saturated rings. The van der Waals surface area contributed by atoms with Crippen molar-refractivity contribution in [3.63, 3.8) is 0 Å². The Morgan fingerprint density at radius 1 is 0.920 bits per heavy atom. The molecule has 5 unspecified atom stereocenters. The van der Waals surface area contributed by atoms with E-state index >= 15 is 0 Å². The van der Waals surface area contributed by atoms with Gasteiger partial charge in [0.05, 0.1) is 5.92 Å². The van der Waals surface area contributed by atoms with Gasteiger partial charge in [0, 0.05) is 0 Å². The molecule has 3 heteroatoms. The summed E-state index contributed by atoms with van der Waals surface area (Å²) in [6.07, 6.45) is 4.97. The molecule has 0 heterocycles. The van der Waals surface area contributed by atoms with Crippen LogP contribution in [0.3, 0.4) is 0 Å². The topological polar surface area (TPSA) is 0 Å². The van der Waals surface area contributed by atoms with Crippen molar-refractivity contribution in [1.82, 2.24) is 0 Å². The first kappa shape index (κ1) is 17.9. The summed E-state index contributed by atoms with van der Waals surface area (Å²) in [5.74, 6) is 2.81. The van der Waals surface area contributed by atoms with Crippen LogP contribution in [-0.4, -0.2) is 6.18 Å². The maximum Gasteiger partial charge on any atom is 0.391 e. The number of alkyl halides is 3. The van der Waals surface area contributed by atoms with Gasteiger partial charge in [0.15, 0.2) is 0 Å². The molecular formula is C22H33F3. The Labute approximate surface area is 150 Å². The summed E-state index contributed by atoms with van der Waals surface area (Å²) in [6.45, 7) is 8.95. The predicted octanol–water partition coefficient (Wildman–Crippen LogP) is 7.01. The highest BCUT2D eigenvalue weighted by Crippen LogP contribution is 2.65. The zero-order valence-corrected chi connectivity index (χ0v) is 15.7. The van der Waals surface area contributed by atoms with Gasteiger partial charge in [-0.3, -0.25) is 0 Å². The minimum Gasteiger partial charge on any atom is -0.171 e. The molecule has 0 saturated heterocycles. The molecule has 25 heavy (non-hydrogen) atoms. The summed E-state index contributed by atoms with van der Waals surface area (Å²) in [7, 11) is 0. The highest BCUT2D eigenvalue weighted by Gasteiger charge is 2.57. The number of allylic oxidation sites excluding steroid dienone is 1. The van der Waals surface area contributed by atoms with Gasteiger partial charge in [-0.1, -0.05) is 19.1 Å². The van der Waals surface area contributed by atoms with E-state index in [-0.39, 0.29) is 0 Å². The van der Waals surface area contributed by atoms with Crippen LogP contribution in [0.4, 0.5) is 13.2 Å². The largest absolute Gasteiger partial charge is 0.391 e. The van der Waals surface area contributed by atoms with E-state index in [2.05, 4.69) is 20.4 Å². The Hall–Kier alpha value is -0.470. The van der Waals surface area contributed by atoms with E-state index in [1.54, 1.807) is 0 Å². The van der Waals surface area contributed by atoms with Crippen molar-refractivity contribution in [1.29, 1.82) is 0 Å². The van der Waals surface area contributed by atoms with Crippen molar-refractivity contribution in [3.8, 4) is 0 Å². The van der Waals surface area contributed by atoms with Crippen molar-refractivity contribution < 1.29 is 13.2 Å². The van der Waals surface area contributed by atoms with Gasteiger partial charge in [0.25, 0.3) is 0 Å². The van der Waals surface area contributed by atoms with Gasteiger partial charge in [-0.15, -0.1) is 0 Å². The Kier molecular flexibility index (Phi) is 4.32. The van der Waals surface area contributed by atoms with Crippen LogP contribution in [0.1, 0.15) is 71.6 Å². The van der Waals surface area contributed by atoms with Crippen LogP contribution < -0.4 is 0 Å². The minimum absolute atomic E-state index is 0.337. The standard InChI is InChI=1S/C22H33F3/c1-13(2)19-8-9-20-18-6-4-14-12-15(22(23,24)25)5-7-16(14)17(18)10-11-21(19,20)3/h14-20H,1,4-12H2,2-3H3/t14-,15+,16+,17?,18?,19?,20?,21?/m1/s1. The smallest absolute Gasteiger partial charge is 0.171 e. The van der Waals surface area contributed by atoms with Gasteiger partial charge in [0.2, 0.25) is 0 Å². The van der Waals surface area contributed by atoms with E-state index in [0.717, 1.165) is 24.7 Å². The normalized spacial score (nSPS) is 49.9. The monoisotopic (exact) mass is 354 g/mol. The summed E-state index contributed by atoms with van der Waals surface area (Å²) in [5.41, 5.74) is 1.76. The Bertz CT molecular complexity index is 536. The molecule has 0 aromatic carbocycles. The highest BCUT2D eigenvalue weighted by atomic mass is 19.4. The zero-order valence-electron chi connectivity index (χ0n) is 15.7. The lowest BCUT2D eigenvalue weighted by Gasteiger charge is -2.56. The third-order valence-electron chi connectivity index (χ3n) is 9.01. The number of rotatable bonds is 1. The number of halogens is 3. The fraction of sp³-hybridized carbons (Fsp3) is 0.909. The summed E-state index contributed by atoms with van der Waals surface area (Å²) < 4.78 is 39.5. The van der Waals surface area contributed by atoms with Crippen LogP contribution >= 0.6 is 0 Å². The van der Waals surface area contributed by atoms with Gasteiger partial charge in [-0.2, -0.15) is 13.2 Å². The third-order valence-corrected chi connectivity index (χ3v) is 9.01. The average Bonchev–Trinajstić information content (AvgIpc) is 2.90. The van der Waals surface area contributed by atoms with Gasteiger partial charge in [0.1, 0.15) is 0 Å². The highest BCUT2D eigenvalue weighted by molar-refractivity contribution is 5.13. The van der Waals surface area contributed by atoms with Crippen LogP contribution in [0.15, 0.2) is 12.2 Å². The lowest BCUT2D eigenvalue weighted by Crippen LogP contribution is -2.49.